The third kappa shape index (κ3) is 5.19. The molecule has 2 N–H and O–H groups in total. The number of unbranched alkanes of at least 4 members (excludes halogenated alkanes) is 2. The molecule has 0 atom stereocenters. The number of carbonyl (C=O) groups is 2. The van der Waals surface area contributed by atoms with Crippen LogP contribution in [-0.2, 0) is 0 Å². The highest BCUT2D eigenvalue weighted by molar-refractivity contribution is 6.05. The fourth-order valence-corrected chi connectivity index (χ4v) is 2.24. The molecule has 0 aliphatic heterocycles. The average molecular weight is 325 g/mol. The Morgan fingerprint density at radius 1 is 1.08 bits per heavy atom. The number of Topliss-reactive ketones (excluding diaryl/α,β-unsaturated/α-hetero) is 1. The summed E-state index contributed by atoms with van der Waals surface area (Å²) in [6.07, 6.45) is 5.02. The van der Waals surface area contributed by atoms with Crippen molar-refractivity contribution in [3.8, 4) is 0 Å². The van der Waals surface area contributed by atoms with Crippen LogP contribution in [0.4, 0.5) is 11.5 Å². The summed E-state index contributed by atoms with van der Waals surface area (Å²) in [5, 5.41) is 6.02. The Hall–Kier alpha value is -2.69. The fourth-order valence-electron chi connectivity index (χ4n) is 2.24. The van der Waals surface area contributed by atoms with Gasteiger partial charge in [-0.05, 0) is 37.6 Å². The van der Waals surface area contributed by atoms with Crippen molar-refractivity contribution in [3.05, 3.63) is 53.7 Å². The van der Waals surface area contributed by atoms with Crippen molar-refractivity contribution < 1.29 is 9.59 Å². The number of benzene rings is 1. The first-order valence-corrected chi connectivity index (χ1v) is 8.22. The zero-order valence-corrected chi connectivity index (χ0v) is 14.1. The highest BCUT2D eigenvalue weighted by atomic mass is 16.1. The molecule has 0 fully saturated rings. The van der Waals surface area contributed by atoms with Gasteiger partial charge in [0.25, 0.3) is 5.91 Å². The molecule has 1 heterocycles. The highest BCUT2D eigenvalue weighted by Crippen LogP contribution is 2.13. The molecule has 2 aromatic rings. The maximum absolute atomic E-state index is 12.2. The highest BCUT2D eigenvalue weighted by Gasteiger charge is 2.08. The van der Waals surface area contributed by atoms with Gasteiger partial charge in [-0.15, -0.1) is 0 Å². The topological polar surface area (TPSA) is 71.1 Å². The second-order valence-electron chi connectivity index (χ2n) is 5.66. The molecule has 0 unspecified atom stereocenters. The van der Waals surface area contributed by atoms with E-state index in [1.807, 2.05) is 0 Å². The average Bonchev–Trinajstić information content (AvgIpc) is 2.59. The number of hydrogen-bond donors (Lipinski definition) is 2. The van der Waals surface area contributed by atoms with E-state index in [0.29, 0.717) is 16.8 Å². The zero-order valence-electron chi connectivity index (χ0n) is 14.1. The van der Waals surface area contributed by atoms with Gasteiger partial charge in [-0.1, -0.05) is 31.9 Å². The molecule has 2 rings (SSSR count). The van der Waals surface area contributed by atoms with Gasteiger partial charge in [0.15, 0.2) is 5.78 Å². The fraction of sp³-hybridized carbons (Fsp3) is 0.316. The normalized spacial score (nSPS) is 10.2. The van der Waals surface area contributed by atoms with E-state index < -0.39 is 0 Å². The molecule has 1 amide bonds. The van der Waals surface area contributed by atoms with Gasteiger partial charge in [-0.25, -0.2) is 4.98 Å². The van der Waals surface area contributed by atoms with Gasteiger partial charge in [0.2, 0.25) is 0 Å². The van der Waals surface area contributed by atoms with E-state index in [2.05, 4.69) is 22.5 Å². The number of rotatable bonds is 8. The SMILES string of the molecule is CCCCCNc1ccc(C(=O)Nc2cccc(C(C)=O)c2)cn1. The van der Waals surface area contributed by atoms with Crippen molar-refractivity contribution in [2.45, 2.75) is 33.1 Å². The number of amides is 1. The lowest BCUT2D eigenvalue weighted by atomic mass is 10.1. The molecule has 0 saturated heterocycles. The smallest absolute Gasteiger partial charge is 0.257 e. The lowest BCUT2D eigenvalue weighted by Gasteiger charge is -2.08. The van der Waals surface area contributed by atoms with Gasteiger partial charge in [-0.3, -0.25) is 9.59 Å². The summed E-state index contributed by atoms with van der Waals surface area (Å²) in [6, 6.07) is 10.4. The molecule has 5 nitrogen and oxygen atoms in total. The number of aromatic nitrogens is 1. The first-order valence-electron chi connectivity index (χ1n) is 8.22. The summed E-state index contributed by atoms with van der Waals surface area (Å²) >= 11 is 0. The van der Waals surface area contributed by atoms with Crippen molar-refractivity contribution in [1.82, 2.24) is 4.98 Å². The van der Waals surface area contributed by atoms with E-state index in [1.165, 1.54) is 19.8 Å². The summed E-state index contributed by atoms with van der Waals surface area (Å²) in [5.41, 5.74) is 1.63. The minimum Gasteiger partial charge on any atom is -0.370 e. The first kappa shape index (κ1) is 17.7. The van der Waals surface area contributed by atoms with Crippen molar-refractivity contribution in [2.24, 2.45) is 0 Å². The van der Waals surface area contributed by atoms with Crippen LogP contribution in [0.2, 0.25) is 0 Å². The first-order chi connectivity index (χ1) is 11.6. The van der Waals surface area contributed by atoms with Crippen LogP contribution in [0.1, 0.15) is 53.8 Å². The second-order valence-corrected chi connectivity index (χ2v) is 5.66. The van der Waals surface area contributed by atoms with Crippen LogP contribution in [0.3, 0.4) is 0 Å². The van der Waals surface area contributed by atoms with Crippen LogP contribution in [0, 0.1) is 0 Å². The molecule has 0 spiro atoms. The minimum absolute atomic E-state index is 0.0359. The lowest BCUT2D eigenvalue weighted by Crippen LogP contribution is -2.13. The standard InChI is InChI=1S/C19H23N3O2/c1-3-4-5-11-20-18-10-9-16(13-21-18)19(24)22-17-8-6-7-15(12-17)14(2)23/h6-10,12-13H,3-5,11H2,1-2H3,(H,20,21)(H,22,24). The van der Waals surface area contributed by atoms with E-state index in [-0.39, 0.29) is 11.7 Å². The van der Waals surface area contributed by atoms with Gasteiger partial charge in [0, 0.05) is 24.0 Å². The number of nitrogens with zero attached hydrogens (tertiary/aromatic N) is 1. The molecule has 5 heteroatoms. The third-order valence-electron chi connectivity index (χ3n) is 3.64. The maximum Gasteiger partial charge on any atom is 0.257 e. The Kier molecular flexibility index (Phi) is 6.49. The summed E-state index contributed by atoms with van der Waals surface area (Å²) < 4.78 is 0. The molecule has 126 valence electrons. The van der Waals surface area contributed by atoms with E-state index in [9.17, 15) is 9.59 Å². The molecule has 0 aliphatic carbocycles. The van der Waals surface area contributed by atoms with E-state index in [0.717, 1.165) is 18.8 Å². The Morgan fingerprint density at radius 3 is 2.58 bits per heavy atom. The second kappa shape index (κ2) is 8.82. The van der Waals surface area contributed by atoms with Gasteiger partial charge >= 0.3 is 0 Å². The molecule has 1 aromatic carbocycles. The Bertz CT molecular complexity index is 696. The molecule has 24 heavy (non-hydrogen) atoms. The molecular weight excluding hydrogens is 302 g/mol. The zero-order chi connectivity index (χ0) is 17.4. The van der Waals surface area contributed by atoms with Gasteiger partial charge in [0.05, 0.1) is 5.56 Å². The quantitative estimate of drug-likeness (QED) is 0.565. The van der Waals surface area contributed by atoms with E-state index >= 15 is 0 Å². The Labute approximate surface area is 142 Å². The minimum atomic E-state index is -0.249. The van der Waals surface area contributed by atoms with Crippen LogP contribution < -0.4 is 10.6 Å². The number of ketones is 1. The Morgan fingerprint density at radius 2 is 1.92 bits per heavy atom. The molecule has 0 radical (unpaired) electrons. The van der Waals surface area contributed by atoms with Crippen LogP contribution in [0.5, 0.6) is 0 Å². The number of carbonyl (C=O) groups excluding carboxylic acids is 2. The lowest BCUT2D eigenvalue weighted by molar-refractivity contribution is 0.101. The van der Waals surface area contributed by atoms with Crippen LogP contribution in [-0.4, -0.2) is 23.2 Å². The summed E-state index contributed by atoms with van der Waals surface area (Å²) in [6.45, 7) is 4.54. The van der Waals surface area contributed by atoms with Crippen LogP contribution >= 0.6 is 0 Å². The van der Waals surface area contributed by atoms with Gasteiger partial charge in [-0.2, -0.15) is 0 Å². The van der Waals surface area contributed by atoms with Crippen LogP contribution in [0.25, 0.3) is 0 Å². The van der Waals surface area contributed by atoms with Crippen LogP contribution in [0.15, 0.2) is 42.6 Å². The summed E-state index contributed by atoms with van der Waals surface area (Å²) in [4.78, 5) is 27.9. The molecule has 0 bridgehead atoms. The van der Waals surface area contributed by atoms with Gasteiger partial charge in [0.1, 0.15) is 5.82 Å². The van der Waals surface area contributed by atoms with Gasteiger partial charge < -0.3 is 10.6 Å². The van der Waals surface area contributed by atoms with Crippen molar-refractivity contribution in [3.63, 3.8) is 0 Å². The molecule has 1 aromatic heterocycles. The predicted molar refractivity (Wildman–Crippen MR) is 96.7 cm³/mol. The molecular formula is C19H23N3O2. The maximum atomic E-state index is 12.2. The summed E-state index contributed by atoms with van der Waals surface area (Å²) in [7, 11) is 0. The van der Waals surface area contributed by atoms with Crippen molar-refractivity contribution in [2.75, 3.05) is 17.2 Å². The van der Waals surface area contributed by atoms with Crippen molar-refractivity contribution in [1.29, 1.82) is 0 Å². The Balaban J connectivity index is 1.95. The van der Waals surface area contributed by atoms with E-state index in [1.54, 1.807) is 42.6 Å². The largest absolute Gasteiger partial charge is 0.370 e. The molecule has 0 aliphatic rings. The monoisotopic (exact) mass is 325 g/mol. The van der Waals surface area contributed by atoms with E-state index in [4.69, 9.17) is 0 Å². The summed E-state index contributed by atoms with van der Waals surface area (Å²) in [5.74, 6) is 0.480. The number of pyridine rings is 1. The molecule has 0 saturated carbocycles. The predicted octanol–water partition coefficient (Wildman–Crippen LogP) is 4.14. The third-order valence-corrected chi connectivity index (χ3v) is 3.64. The number of hydrogen-bond acceptors (Lipinski definition) is 4. The number of anilines is 2. The number of nitrogens with one attached hydrogen (secondary N) is 2. The van der Waals surface area contributed by atoms with Crippen molar-refractivity contribution >= 4 is 23.2 Å².